The van der Waals surface area contributed by atoms with Crippen LogP contribution in [-0.4, -0.2) is 0 Å². The van der Waals surface area contributed by atoms with Crippen LogP contribution < -0.4 is 4.57 Å². The average Bonchev–Trinajstić information content (AvgIpc) is 2.87. The molecular weight excluding hydrogens is 357 g/mol. The smallest absolute Gasteiger partial charge is 0.207 e. The van der Waals surface area contributed by atoms with Gasteiger partial charge in [-0.05, 0) is 72.9 Å². The van der Waals surface area contributed by atoms with Crippen LogP contribution in [0.5, 0.6) is 0 Å². The molecule has 0 amide bonds. The van der Waals surface area contributed by atoms with Gasteiger partial charge in [0.15, 0.2) is 6.20 Å². The van der Waals surface area contributed by atoms with E-state index in [9.17, 15) is 4.39 Å². The van der Waals surface area contributed by atoms with Crippen LogP contribution in [-0.2, 0) is 18.4 Å². The minimum absolute atomic E-state index is 0.0298. The number of hydrogen-bond acceptors (Lipinski definition) is 0. The van der Waals surface area contributed by atoms with E-state index in [0.29, 0.717) is 0 Å². The molecule has 1 aliphatic rings. The summed E-state index contributed by atoms with van der Waals surface area (Å²) in [4.78, 5) is 0. The Bertz CT molecular complexity index is 1050. The highest BCUT2D eigenvalue weighted by atomic mass is 19.1. The lowest BCUT2D eigenvalue weighted by Gasteiger charge is -2.31. The molecule has 2 heterocycles. The van der Waals surface area contributed by atoms with Gasteiger partial charge in [0.1, 0.15) is 12.4 Å². The summed E-state index contributed by atoms with van der Waals surface area (Å²) in [5, 5.41) is 2.65. The van der Waals surface area contributed by atoms with Crippen molar-refractivity contribution in [2.24, 2.45) is 0 Å². The molecule has 1 aliphatic heterocycles. The zero-order valence-corrected chi connectivity index (χ0v) is 18.3. The number of unbranched alkanes of at least 4 members (excludes halogenated alkanes) is 1. The fourth-order valence-corrected chi connectivity index (χ4v) is 5.25. The average molecular weight is 391 g/mol. The van der Waals surface area contributed by atoms with Crippen molar-refractivity contribution < 1.29 is 8.96 Å². The van der Waals surface area contributed by atoms with Gasteiger partial charge in [-0.3, -0.25) is 0 Å². The van der Waals surface area contributed by atoms with Crippen molar-refractivity contribution in [3.8, 4) is 11.3 Å². The lowest BCUT2D eigenvalue weighted by atomic mass is 9.71. The molecule has 0 spiro atoms. The second-order valence-corrected chi connectivity index (χ2v) is 8.72. The van der Waals surface area contributed by atoms with E-state index in [0.717, 1.165) is 37.8 Å². The molecule has 3 aromatic rings. The van der Waals surface area contributed by atoms with Crippen LogP contribution in [0.25, 0.3) is 22.0 Å². The van der Waals surface area contributed by atoms with E-state index < -0.39 is 0 Å². The SMILES string of the molecule is CCCCc1cccc2c3[n+](ccc12)CCC(CC)(CC)c1cc(F)c(C)cc1-3. The molecule has 0 saturated heterocycles. The van der Waals surface area contributed by atoms with Crippen LogP contribution in [0, 0.1) is 12.7 Å². The number of fused-ring (bicyclic) bond motifs is 5. The summed E-state index contributed by atoms with van der Waals surface area (Å²) in [5.41, 5.74) is 5.88. The van der Waals surface area contributed by atoms with E-state index in [1.807, 2.05) is 13.0 Å². The van der Waals surface area contributed by atoms with E-state index in [1.165, 1.54) is 46.0 Å². The standard InChI is InChI=1S/C27H33FN/c1-5-8-10-20-11-9-12-22-21(20)13-15-29-16-14-27(6-2,7-3)24-18-25(28)19(4)17-23(24)26(22)29/h9,11-13,15,17-18H,5-8,10,14,16H2,1-4H3/q+1. The number of nitrogens with zero attached hydrogens (tertiary/aromatic N) is 1. The Labute approximate surface area is 174 Å². The van der Waals surface area contributed by atoms with Crippen molar-refractivity contribution in [1.82, 2.24) is 0 Å². The zero-order valence-electron chi connectivity index (χ0n) is 18.3. The summed E-state index contributed by atoms with van der Waals surface area (Å²) in [6.45, 7) is 9.62. The Morgan fingerprint density at radius 1 is 1.03 bits per heavy atom. The van der Waals surface area contributed by atoms with Crippen molar-refractivity contribution in [3.63, 3.8) is 0 Å². The first kappa shape index (κ1) is 20.1. The number of aromatic nitrogens is 1. The van der Waals surface area contributed by atoms with E-state index in [2.05, 4.69) is 61.9 Å². The highest BCUT2D eigenvalue weighted by molar-refractivity contribution is 5.96. The molecule has 0 fully saturated rings. The molecule has 2 heteroatoms. The summed E-state index contributed by atoms with van der Waals surface area (Å²) in [7, 11) is 0. The van der Waals surface area contributed by atoms with Gasteiger partial charge in [0, 0.05) is 17.9 Å². The third kappa shape index (κ3) is 3.27. The third-order valence-electron chi connectivity index (χ3n) is 7.27. The number of halogens is 1. The van der Waals surface area contributed by atoms with Crippen molar-refractivity contribution in [1.29, 1.82) is 0 Å². The Balaban J connectivity index is 2.05. The predicted molar refractivity (Wildman–Crippen MR) is 120 cm³/mol. The first-order valence-electron chi connectivity index (χ1n) is 11.3. The lowest BCUT2D eigenvalue weighted by molar-refractivity contribution is -0.685. The summed E-state index contributed by atoms with van der Waals surface area (Å²) >= 11 is 0. The normalized spacial score (nSPS) is 15.1. The third-order valence-corrected chi connectivity index (χ3v) is 7.27. The van der Waals surface area contributed by atoms with Crippen molar-refractivity contribution in [3.05, 3.63) is 65.1 Å². The quantitative estimate of drug-likeness (QED) is 0.411. The predicted octanol–water partition coefficient (Wildman–Crippen LogP) is 7.05. The van der Waals surface area contributed by atoms with Crippen LogP contribution in [0.3, 0.4) is 0 Å². The van der Waals surface area contributed by atoms with Crippen molar-refractivity contribution in [2.75, 3.05) is 0 Å². The highest BCUT2D eigenvalue weighted by Gasteiger charge is 2.38. The molecule has 0 aliphatic carbocycles. The monoisotopic (exact) mass is 390 g/mol. The number of benzene rings is 2. The molecule has 1 aromatic heterocycles. The summed E-state index contributed by atoms with van der Waals surface area (Å²) in [6, 6.07) is 13.0. The van der Waals surface area contributed by atoms with Crippen molar-refractivity contribution in [2.45, 2.75) is 78.2 Å². The molecule has 29 heavy (non-hydrogen) atoms. The topological polar surface area (TPSA) is 3.88 Å². The summed E-state index contributed by atoms with van der Waals surface area (Å²) in [5.74, 6) is -0.0765. The van der Waals surface area contributed by atoms with Gasteiger partial charge in [0.25, 0.3) is 0 Å². The minimum atomic E-state index is -0.0765. The number of pyridine rings is 1. The molecule has 1 nitrogen and oxygen atoms in total. The number of aryl methyl sites for hydroxylation is 3. The van der Waals surface area contributed by atoms with E-state index in [1.54, 1.807) is 0 Å². The molecule has 152 valence electrons. The van der Waals surface area contributed by atoms with Crippen LogP contribution in [0.1, 0.15) is 69.6 Å². The second kappa shape index (κ2) is 7.89. The van der Waals surface area contributed by atoms with Gasteiger partial charge >= 0.3 is 0 Å². The maximum absolute atomic E-state index is 14.7. The number of hydrogen-bond donors (Lipinski definition) is 0. The van der Waals surface area contributed by atoms with Crippen LogP contribution in [0.15, 0.2) is 42.6 Å². The fraction of sp³-hybridized carbons (Fsp3) is 0.444. The summed E-state index contributed by atoms with van der Waals surface area (Å²) in [6.07, 6.45) is 8.90. The first-order chi connectivity index (χ1) is 14.0. The molecular formula is C27H33FN+. The van der Waals surface area contributed by atoms with Gasteiger partial charge in [-0.15, -0.1) is 0 Å². The fourth-order valence-electron chi connectivity index (χ4n) is 5.25. The van der Waals surface area contributed by atoms with Crippen LogP contribution in [0.4, 0.5) is 4.39 Å². The zero-order chi connectivity index (χ0) is 20.6. The molecule has 0 atom stereocenters. The largest absolute Gasteiger partial charge is 0.220 e. The van der Waals surface area contributed by atoms with Gasteiger partial charge in [-0.1, -0.05) is 39.3 Å². The molecule has 0 unspecified atom stereocenters. The molecule has 4 rings (SSSR count). The first-order valence-corrected chi connectivity index (χ1v) is 11.3. The van der Waals surface area contributed by atoms with Gasteiger partial charge in [-0.2, -0.15) is 4.57 Å². The molecule has 0 N–H and O–H groups in total. The van der Waals surface area contributed by atoms with Crippen molar-refractivity contribution >= 4 is 10.8 Å². The lowest BCUT2D eigenvalue weighted by Crippen LogP contribution is -2.37. The van der Waals surface area contributed by atoms with Gasteiger partial charge in [0.05, 0.1) is 10.9 Å². The number of rotatable bonds is 5. The summed E-state index contributed by atoms with van der Waals surface area (Å²) < 4.78 is 17.2. The van der Waals surface area contributed by atoms with Gasteiger partial charge < -0.3 is 0 Å². The molecule has 0 bridgehead atoms. The van der Waals surface area contributed by atoms with Gasteiger partial charge in [0.2, 0.25) is 5.69 Å². The maximum atomic E-state index is 14.7. The van der Waals surface area contributed by atoms with E-state index in [4.69, 9.17) is 0 Å². The van der Waals surface area contributed by atoms with Crippen LogP contribution >= 0.6 is 0 Å². The Morgan fingerprint density at radius 3 is 2.55 bits per heavy atom. The van der Waals surface area contributed by atoms with E-state index >= 15 is 0 Å². The molecule has 0 saturated carbocycles. The van der Waals surface area contributed by atoms with E-state index in [-0.39, 0.29) is 11.2 Å². The second-order valence-electron chi connectivity index (χ2n) is 8.72. The highest BCUT2D eigenvalue weighted by Crippen LogP contribution is 2.44. The molecule has 0 radical (unpaired) electrons. The Morgan fingerprint density at radius 2 is 1.83 bits per heavy atom. The van der Waals surface area contributed by atoms with Gasteiger partial charge in [-0.25, -0.2) is 4.39 Å². The minimum Gasteiger partial charge on any atom is -0.207 e. The Kier molecular flexibility index (Phi) is 5.46. The maximum Gasteiger partial charge on any atom is 0.220 e. The molecule has 2 aromatic carbocycles. The van der Waals surface area contributed by atoms with Crippen LogP contribution in [0.2, 0.25) is 0 Å². The Hall–Kier alpha value is -2.22.